The molecule has 7 heteroatoms. The monoisotopic (exact) mass is 333 g/mol. The Bertz CT molecular complexity index is 737. The van der Waals surface area contributed by atoms with E-state index in [0.717, 1.165) is 0 Å². The molecule has 1 unspecified atom stereocenters. The van der Waals surface area contributed by atoms with Crippen molar-refractivity contribution in [2.45, 2.75) is 19.1 Å². The number of nitrogens with zero attached hydrogens (tertiary/aromatic N) is 2. The molecular weight excluding hydrogens is 313 g/mol. The summed E-state index contributed by atoms with van der Waals surface area (Å²) in [4.78, 5) is 20.5. The average Bonchev–Trinajstić information content (AvgIpc) is 2.58. The minimum absolute atomic E-state index is 0.152. The lowest BCUT2D eigenvalue weighted by Gasteiger charge is -2.35. The molecule has 24 heavy (non-hydrogen) atoms. The molecule has 2 heterocycles. The SMILES string of the molecule is O=c1[nH]ccnc1CN1CCC(O)[C@H](COc2ccccc2F)C1. The average molecular weight is 333 g/mol. The van der Waals surface area contributed by atoms with Crippen molar-refractivity contribution in [3.63, 3.8) is 0 Å². The van der Waals surface area contributed by atoms with Gasteiger partial charge in [-0.25, -0.2) is 4.39 Å². The molecular formula is C17H20FN3O3. The third kappa shape index (κ3) is 3.98. The summed E-state index contributed by atoms with van der Waals surface area (Å²) >= 11 is 0. The first-order valence-electron chi connectivity index (χ1n) is 7.94. The Labute approximate surface area is 138 Å². The highest BCUT2D eigenvalue weighted by Crippen LogP contribution is 2.21. The number of rotatable bonds is 5. The summed E-state index contributed by atoms with van der Waals surface area (Å²) in [5, 5.41) is 10.2. The second-order valence-corrected chi connectivity index (χ2v) is 5.96. The van der Waals surface area contributed by atoms with Gasteiger partial charge in [-0.05, 0) is 18.6 Å². The van der Waals surface area contributed by atoms with E-state index in [1.54, 1.807) is 24.4 Å². The Kier molecular flexibility index (Phi) is 5.22. The van der Waals surface area contributed by atoms with Gasteiger partial charge in [0.15, 0.2) is 11.6 Å². The number of hydrogen-bond acceptors (Lipinski definition) is 5. The van der Waals surface area contributed by atoms with Gasteiger partial charge >= 0.3 is 0 Å². The van der Waals surface area contributed by atoms with E-state index in [1.807, 2.05) is 0 Å². The van der Waals surface area contributed by atoms with Gasteiger partial charge in [0, 0.05) is 37.9 Å². The van der Waals surface area contributed by atoms with Crippen LogP contribution in [0.5, 0.6) is 5.75 Å². The first-order valence-corrected chi connectivity index (χ1v) is 7.94. The number of aliphatic hydroxyl groups excluding tert-OH is 1. The van der Waals surface area contributed by atoms with Crippen molar-refractivity contribution in [2.75, 3.05) is 19.7 Å². The number of ether oxygens (including phenoxy) is 1. The summed E-state index contributed by atoms with van der Waals surface area (Å²) in [5.41, 5.74) is 0.241. The van der Waals surface area contributed by atoms with Crippen LogP contribution in [0.4, 0.5) is 4.39 Å². The summed E-state index contributed by atoms with van der Waals surface area (Å²) in [7, 11) is 0. The second-order valence-electron chi connectivity index (χ2n) is 5.96. The third-order valence-electron chi connectivity index (χ3n) is 4.22. The normalized spacial score (nSPS) is 21.6. The predicted molar refractivity (Wildman–Crippen MR) is 86.1 cm³/mol. The van der Waals surface area contributed by atoms with Crippen LogP contribution >= 0.6 is 0 Å². The van der Waals surface area contributed by atoms with Crippen LogP contribution in [0.25, 0.3) is 0 Å². The van der Waals surface area contributed by atoms with E-state index >= 15 is 0 Å². The van der Waals surface area contributed by atoms with E-state index < -0.39 is 11.9 Å². The van der Waals surface area contributed by atoms with E-state index in [0.29, 0.717) is 31.7 Å². The Morgan fingerprint density at radius 2 is 2.25 bits per heavy atom. The highest BCUT2D eigenvalue weighted by molar-refractivity contribution is 5.23. The molecule has 0 aliphatic carbocycles. The fourth-order valence-corrected chi connectivity index (χ4v) is 2.87. The van der Waals surface area contributed by atoms with Gasteiger partial charge in [-0.2, -0.15) is 0 Å². The number of aromatic nitrogens is 2. The maximum atomic E-state index is 13.6. The van der Waals surface area contributed by atoms with E-state index in [-0.39, 0.29) is 23.8 Å². The molecule has 0 bridgehead atoms. The number of nitrogens with one attached hydrogen (secondary N) is 1. The number of H-pyrrole nitrogens is 1. The summed E-state index contributed by atoms with van der Waals surface area (Å²) in [5.74, 6) is -0.385. The number of benzene rings is 1. The Morgan fingerprint density at radius 1 is 1.42 bits per heavy atom. The van der Waals surface area contributed by atoms with Crippen molar-refractivity contribution in [1.82, 2.24) is 14.9 Å². The van der Waals surface area contributed by atoms with Crippen molar-refractivity contribution in [2.24, 2.45) is 5.92 Å². The zero-order valence-corrected chi connectivity index (χ0v) is 13.2. The third-order valence-corrected chi connectivity index (χ3v) is 4.22. The minimum Gasteiger partial charge on any atom is -0.490 e. The van der Waals surface area contributed by atoms with Crippen LogP contribution in [0.15, 0.2) is 41.5 Å². The number of halogens is 1. The van der Waals surface area contributed by atoms with Crippen LogP contribution < -0.4 is 10.3 Å². The van der Waals surface area contributed by atoms with E-state index in [9.17, 15) is 14.3 Å². The molecule has 2 N–H and O–H groups in total. The number of aliphatic hydroxyl groups is 1. The van der Waals surface area contributed by atoms with Gasteiger partial charge in [0.1, 0.15) is 5.69 Å². The van der Waals surface area contributed by atoms with Crippen LogP contribution in [0, 0.1) is 11.7 Å². The van der Waals surface area contributed by atoms with Crippen molar-refractivity contribution in [3.05, 3.63) is 58.5 Å². The Balaban J connectivity index is 1.60. The topological polar surface area (TPSA) is 78.5 Å². The molecule has 1 aliphatic rings. The van der Waals surface area contributed by atoms with Gasteiger partial charge in [0.2, 0.25) is 0 Å². The summed E-state index contributed by atoms with van der Waals surface area (Å²) in [6.07, 6.45) is 3.12. The van der Waals surface area contributed by atoms with E-state index in [4.69, 9.17) is 4.74 Å². The largest absolute Gasteiger partial charge is 0.490 e. The van der Waals surface area contributed by atoms with Gasteiger partial charge < -0.3 is 14.8 Å². The fraction of sp³-hybridized carbons (Fsp3) is 0.412. The molecule has 1 aromatic carbocycles. The summed E-state index contributed by atoms with van der Waals surface area (Å²) in [6, 6.07) is 6.21. The summed E-state index contributed by atoms with van der Waals surface area (Å²) in [6.45, 7) is 1.87. The van der Waals surface area contributed by atoms with Crippen LogP contribution in [0.3, 0.4) is 0 Å². The zero-order valence-electron chi connectivity index (χ0n) is 13.2. The highest BCUT2D eigenvalue weighted by Gasteiger charge is 2.29. The molecule has 2 atom stereocenters. The van der Waals surface area contributed by atoms with Gasteiger partial charge in [0.25, 0.3) is 5.56 Å². The maximum absolute atomic E-state index is 13.6. The number of hydrogen-bond donors (Lipinski definition) is 2. The van der Waals surface area contributed by atoms with Gasteiger partial charge in [-0.1, -0.05) is 12.1 Å². The molecule has 1 aliphatic heterocycles. The van der Waals surface area contributed by atoms with Crippen LogP contribution in [-0.2, 0) is 6.54 Å². The number of piperidine rings is 1. The van der Waals surface area contributed by atoms with Crippen LogP contribution in [-0.4, -0.2) is 45.8 Å². The Morgan fingerprint density at radius 3 is 3.04 bits per heavy atom. The molecule has 128 valence electrons. The quantitative estimate of drug-likeness (QED) is 0.859. The molecule has 1 saturated heterocycles. The lowest BCUT2D eigenvalue weighted by atomic mass is 9.95. The van der Waals surface area contributed by atoms with Crippen molar-refractivity contribution in [3.8, 4) is 5.75 Å². The van der Waals surface area contributed by atoms with Crippen molar-refractivity contribution < 1.29 is 14.2 Å². The first-order chi connectivity index (χ1) is 11.6. The predicted octanol–water partition coefficient (Wildman–Crippen LogP) is 1.17. The molecule has 0 radical (unpaired) electrons. The number of para-hydroxylation sites is 1. The molecule has 6 nitrogen and oxygen atoms in total. The maximum Gasteiger partial charge on any atom is 0.270 e. The van der Waals surface area contributed by atoms with Gasteiger partial charge in [0.05, 0.1) is 12.7 Å². The smallest absolute Gasteiger partial charge is 0.270 e. The number of aromatic amines is 1. The van der Waals surface area contributed by atoms with E-state index in [2.05, 4.69) is 14.9 Å². The lowest BCUT2D eigenvalue weighted by molar-refractivity contribution is 0.00182. The molecule has 0 spiro atoms. The minimum atomic E-state index is -0.505. The fourth-order valence-electron chi connectivity index (χ4n) is 2.87. The van der Waals surface area contributed by atoms with Crippen molar-refractivity contribution in [1.29, 1.82) is 0 Å². The zero-order chi connectivity index (χ0) is 16.9. The van der Waals surface area contributed by atoms with Crippen LogP contribution in [0.2, 0.25) is 0 Å². The number of likely N-dealkylation sites (tertiary alicyclic amines) is 1. The molecule has 3 rings (SSSR count). The first kappa shape index (κ1) is 16.6. The highest BCUT2D eigenvalue weighted by atomic mass is 19.1. The van der Waals surface area contributed by atoms with Gasteiger partial charge in [-0.3, -0.25) is 14.7 Å². The van der Waals surface area contributed by atoms with Gasteiger partial charge in [-0.15, -0.1) is 0 Å². The standard InChI is InChI=1S/C17H20FN3O3/c18-13-3-1-2-4-16(13)24-11-12-9-21(8-5-15(12)22)10-14-17(23)20-7-6-19-14/h1-4,6-7,12,15,22H,5,8-11H2,(H,20,23)/t12-,15?/m0/s1. The molecule has 1 fully saturated rings. The van der Waals surface area contributed by atoms with E-state index in [1.165, 1.54) is 12.3 Å². The molecule has 2 aromatic rings. The summed E-state index contributed by atoms with van der Waals surface area (Å²) < 4.78 is 19.1. The molecule has 0 amide bonds. The molecule has 1 aromatic heterocycles. The Hall–Kier alpha value is -2.25. The molecule has 0 saturated carbocycles. The van der Waals surface area contributed by atoms with Crippen molar-refractivity contribution >= 4 is 0 Å². The van der Waals surface area contributed by atoms with Crippen LogP contribution in [0.1, 0.15) is 12.1 Å². The lowest BCUT2D eigenvalue weighted by Crippen LogP contribution is -2.45. The second kappa shape index (κ2) is 7.55.